The number of benzene rings is 1. The number of alkyl carbamates (subject to hydrolysis) is 1. The van der Waals surface area contributed by atoms with Gasteiger partial charge in [0.1, 0.15) is 12.6 Å². The zero-order valence-electron chi connectivity index (χ0n) is 12.0. The SMILES string of the molecule is O=C(NC(CC1(CO)COC1)C(=O)O)OCc1ccccc1. The number of aliphatic carboxylic acids is 1. The van der Waals surface area contributed by atoms with Gasteiger partial charge in [-0.1, -0.05) is 30.3 Å². The highest BCUT2D eigenvalue weighted by atomic mass is 16.5. The van der Waals surface area contributed by atoms with Gasteiger partial charge >= 0.3 is 12.1 Å². The Labute approximate surface area is 127 Å². The van der Waals surface area contributed by atoms with Gasteiger partial charge in [0.2, 0.25) is 0 Å². The van der Waals surface area contributed by atoms with E-state index in [0.29, 0.717) is 0 Å². The summed E-state index contributed by atoms with van der Waals surface area (Å²) in [7, 11) is 0. The number of aliphatic hydroxyl groups is 1. The summed E-state index contributed by atoms with van der Waals surface area (Å²) in [5.41, 5.74) is 0.208. The summed E-state index contributed by atoms with van der Waals surface area (Å²) in [6.45, 7) is 0.451. The molecule has 1 aromatic rings. The molecule has 1 saturated heterocycles. The fourth-order valence-corrected chi connectivity index (χ4v) is 2.20. The van der Waals surface area contributed by atoms with Crippen molar-refractivity contribution in [2.24, 2.45) is 5.41 Å². The Morgan fingerprint density at radius 1 is 1.32 bits per heavy atom. The van der Waals surface area contributed by atoms with Gasteiger partial charge in [0.15, 0.2) is 0 Å². The van der Waals surface area contributed by atoms with Gasteiger partial charge in [-0.05, 0) is 12.0 Å². The number of hydrogen-bond acceptors (Lipinski definition) is 5. The number of amides is 1. The lowest BCUT2D eigenvalue weighted by Crippen LogP contribution is -2.53. The van der Waals surface area contributed by atoms with Crippen LogP contribution < -0.4 is 5.32 Å². The molecule has 1 fully saturated rings. The standard InChI is InChI=1S/C15H19NO6/c17-8-15(9-21-10-15)6-12(13(18)19)16-14(20)22-7-11-4-2-1-3-5-11/h1-5,12,17H,6-10H2,(H,16,20)(H,18,19). The van der Waals surface area contributed by atoms with E-state index in [4.69, 9.17) is 9.47 Å². The average Bonchev–Trinajstić information content (AvgIpc) is 2.48. The van der Waals surface area contributed by atoms with Crippen LogP contribution in [0.5, 0.6) is 0 Å². The molecular weight excluding hydrogens is 290 g/mol. The van der Waals surface area contributed by atoms with Crippen LogP contribution in [0.15, 0.2) is 30.3 Å². The molecule has 0 bridgehead atoms. The van der Waals surface area contributed by atoms with Crippen LogP contribution in [0.2, 0.25) is 0 Å². The lowest BCUT2D eigenvalue weighted by Gasteiger charge is -2.41. The smallest absolute Gasteiger partial charge is 0.408 e. The number of hydrogen-bond donors (Lipinski definition) is 3. The normalized spacial score (nSPS) is 17.1. The molecule has 1 aliphatic rings. The molecule has 22 heavy (non-hydrogen) atoms. The largest absolute Gasteiger partial charge is 0.480 e. The number of aliphatic hydroxyl groups excluding tert-OH is 1. The van der Waals surface area contributed by atoms with E-state index in [0.717, 1.165) is 5.56 Å². The van der Waals surface area contributed by atoms with Crippen LogP contribution in [0, 0.1) is 5.41 Å². The summed E-state index contributed by atoms with van der Waals surface area (Å²) < 4.78 is 10.0. The molecular formula is C15H19NO6. The number of carboxylic acid groups (broad SMARTS) is 1. The monoisotopic (exact) mass is 309 g/mol. The van der Waals surface area contributed by atoms with Crippen LogP contribution in [0.1, 0.15) is 12.0 Å². The molecule has 2 rings (SSSR count). The first-order valence-corrected chi connectivity index (χ1v) is 6.93. The number of rotatable bonds is 7. The average molecular weight is 309 g/mol. The highest BCUT2D eigenvalue weighted by Gasteiger charge is 2.42. The van der Waals surface area contributed by atoms with E-state index in [9.17, 15) is 19.8 Å². The maximum absolute atomic E-state index is 11.7. The fraction of sp³-hybridized carbons (Fsp3) is 0.467. The van der Waals surface area contributed by atoms with Crippen molar-refractivity contribution >= 4 is 12.1 Å². The second kappa shape index (κ2) is 7.24. The predicted molar refractivity (Wildman–Crippen MR) is 76.1 cm³/mol. The minimum Gasteiger partial charge on any atom is -0.480 e. The molecule has 0 spiro atoms. The van der Waals surface area contributed by atoms with Crippen molar-refractivity contribution in [3.8, 4) is 0 Å². The van der Waals surface area contributed by atoms with Crippen LogP contribution in [0.3, 0.4) is 0 Å². The van der Waals surface area contributed by atoms with Crippen LogP contribution in [-0.4, -0.2) is 48.1 Å². The van der Waals surface area contributed by atoms with E-state index in [2.05, 4.69) is 5.32 Å². The summed E-state index contributed by atoms with van der Waals surface area (Å²) in [5.74, 6) is -1.17. The third-order valence-corrected chi connectivity index (χ3v) is 3.59. The van der Waals surface area contributed by atoms with Crippen LogP contribution in [-0.2, 0) is 20.9 Å². The second-order valence-electron chi connectivity index (χ2n) is 5.45. The maximum Gasteiger partial charge on any atom is 0.408 e. The van der Waals surface area contributed by atoms with Crippen molar-refractivity contribution in [1.29, 1.82) is 0 Å². The van der Waals surface area contributed by atoms with Gasteiger partial charge in [-0.3, -0.25) is 0 Å². The molecule has 7 heteroatoms. The third-order valence-electron chi connectivity index (χ3n) is 3.59. The Morgan fingerprint density at radius 3 is 2.50 bits per heavy atom. The summed E-state index contributed by atoms with van der Waals surface area (Å²) in [4.78, 5) is 23.0. The first-order chi connectivity index (χ1) is 10.5. The first-order valence-electron chi connectivity index (χ1n) is 6.93. The highest BCUT2D eigenvalue weighted by Crippen LogP contribution is 2.32. The van der Waals surface area contributed by atoms with E-state index in [1.54, 1.807) is 12.1 Å². The Morgan fingerprint density at radius 2 is 2.00 bits per heavy atom. The summed E-state index contributed by atoms with van der Waals surface area (Å²) >= 11 is 0. The van der Waals surface area contributed by atoms with E-state index in [1.807, 2.05) is 18.2 Å². The lowest BCUT2D eigenvalue weighted by molar-refractivity contribution is -0.156. The van der Waals surface area contributed by atoms with Gasteiger partial charge in [0.25, 0.3) is 0 Å². The molecule has 0 aromatic heterocycles. The molecule has 1 heterocycles. The van der Waals surface area contributed by atoms with Crippen molar-refractivity contribution < 1.29 is 29.3 Å². The van der Waals surface area contributed by atoms with E-state index < -0.39 is 23.5 Å². The van der Waals surface area contributed by atoms with Crippen molar-refractivity contribution in [3.05, 3.63) is 35.9 Å². The minimum absolute atomic E-state index is 0.0628. The van der Waals surface area contributed by atoms with Crippen LogP contribution in [0.4, 0.5) is 4.79 Å². The van der Waals surface area contributed by atoms with E-state index in [-0.39, 0.29) is 32.8 Å². The minimum atomic E-state index is -1.17. The zero-order valence-corrected chi connectivity index (χ0v) is 12.0. The van der Waals surface area contributed by atoms with Crippen molar-refractivity contribution in [1.82, 2.24) is 5.32 Å². The number of nitrogens with one attached hydrogen (secondary N) is 1. The molecule has 0 radical (unpaired) electrons. The van der Waals surface area contributed by atoms with Gasteiger partial charge in [-0.2, -0.15) is 0 Å². The Bertz CT molecular complexity index is 509. The molecule has 0 saturated carbocycles. The van der Waals surface area contributed by atoms with Gasteiger partial charge in [-0.25, -0.2) is 9.59 Å². The molecule has 3 N–H and O–H groups in total. The predicted octanol–water partition coefficient (Wildman–Crippen LogP) is 0.765. The molecule has 0 aliphatic carbocycles. The summed E-state index contributed by atoms with van der Waals surface area (Å²) in [6, 6.07) is 7.96. The Hall–Kier alpha value is -2.12. The molecule has 120 valence electrons. The Kier molecular flexibility index (Phi) is 5.35. The maximum atomic E-state index is 11.7. The van der Waals surface area contributed by atoms with E-state index in [1.165, 1.54) is 0 Å². The quantitative estimate of drug-likeness (QED) is 0.687. The number of ether oxygens (including phenoxy) is 2. The zero-order chi connectivity index (χ0) is 16.0. The Balaban J connectivity index is 1.85. The van der Waals surface area contributed by atoms with Crippen molar-refractivity contribution in [2.45, 2.75) is 19.1 Å². The first kappa shape index (κ1) is 16.3. The molecule has 1 atom stereocenters. The van der Waals surface area contributed by atoms with E-state index >= 15 is 0 Å². The van der Waals surface area contributed by atoms with Crippen molar-refractivity contribution in [3.63, 3.8) is 0 Å². The second-order valence-corrected chi connectivity index (χ2v) is 5.45. The molecule has 7 nitrogen and oxygen atoms in total. The van der Waals surface area contributed by atoms with Crippen LogP contribution in [0.25, 0.3) is 0 Å². The summed E-state index contributed by atoms with van der Waals surface area (Å²) in [5, 5.41) is 20.8. The summed E-state index contributed by atoms with van der Waals surface area (Å²) in [6.07, 6.45) is -0.705. The number of carbonyl (C=O) groups is 2. The number of carboxylic acids is 1. The van der Waals surface area contributed by atoms with Gasteiger partial charge in [0, 0.05) is 5.41 Å². The molecule has 1 aromatic carbocycles. The molecule has 1 aliphatic heterocycles. The molecule has 1 unspecified atom stereocenters. The fourth-order valence-electron chi connectivity index (χ4n) is 2.20. The van der Waals surface area contributed by atoms with Crippen molar-refractivity contribution in [2.75, 3.05) is 19.8 Å². The van der Waals surface area contributed by atoms with Crippen LogP contribution >= 0.6 is 0 Å². The number of carbonyl (C=O) groups excluding carboxylic acids is 1. The highest BCUT2D eigenvalue weighted by molar-refractivity contribution is 5.79. The van der Waals surface area contributed by atoms with Gasteiger partial charge in [0.05, 0.1) is 19.8 Å². The lowest BCUT2D eigenvalue weighted by atomic mass is 9.80. The van der Waals surface area contributed by atoms with Gasteiger partial charge in [-0.15, -0.1) is 0 Å². The third kappa shape index (κ3) is 4.19. The topological polar surface area (TPSA) is 105 Å². The van der Waals surface area contributed by atoms with Gasteiger partial charge < -0.3 is 25.0 Å². The molecule has 1 amide bonds.